The highest BCUT2D eigenvalue weighted by Gasteiger charge is 2.04. The van der Waals surface area contributed by atoms with Gasteiger partial charge in [-0.05, 0) is 43.4 Å². The number of unbranched alkanes of at least 4 members (excludes halogenated alkanes) is 1. The second-order valence-electron chi connectivity index (χ2n) is 5.52. The maximum absolute atomic E-state index is 11.7. The van der Waals surface area contributed by atoms with Crippen LogP contribution < -0.4 is 10.6 Å². The fourth-order valence-electron chi connectivity index (χ4n) is 1.88. The van der Waals surface area contributed by atoms with E-state index in [2.05, 4.69) is 61.9 Å². The van der Waals surface area contributed by atoms with Crippen LogP contribution in [0, 0.1) is 0 Å². The first kappa shape index (κ1) is 29.7. The molecule has 0 aliphatic heterocycles. The second-order valence-corrected chi connectivity index (χ2v) is 8.41. The van der Waals surface area contributed by atoms with Crippen LogP contribution in [0.4, 0.5) is 0 Å². The maximum Gasteiger partial charge on any atom is 0.164 e. The number of alkyl halides is 1. The molecular weight excluding hydrogens is 508 g/mol. The van der Waals surface area contributed by atoms with Crippen LogP contribution in [0.2, 0.25) is 0 Å². The van der Waals surface area contributed by atoms with Crippen LogP contribution in [0.5, 0.6) is 0 Å². The lowest BCUT2D eigenvalue weighted by atomic mass is 10.1. The molecule has 1 aromatic rings. The maximum atomic E-state index is 11.7. The van der Waals surface area contributed by atoms with Crippen molar-refractivity contribution in [3.05, 3.63) is 34.3 Å². The summed E-state index contributed by atoms with van der Waals surface area (Å²) in [6.07, 6.45) is 7.40. The summed E-state index contributed by atoms with van der Waals surface area (Å²) >= 11 is 9.99. The summed E-state index contributed by atoms with van der Waals surface area (Å²) in [5.74, 6) is 4.34. The Hall–Kier alpha value is 0.470. The summed E-state index contributed by atoms with van der Waals surface area (Å²) in [7, 11) is 0. The molecule has 0 heterocycles. The molecule has 0 radical (unpaired) electrons. The van der Waals surface area contributed by atoms with Gasteiger partial charge in [0.2, 0.25) is 0 Å². The number of ketones is 1. The number of carbonyl (C=O) groups is 1. The van der Waals surface area contributed by atoms with Gasteiger partial charge in [0.1, 0.15) is 0 Å². The van der Waals surface area contributed by atoms with Gasteiger partial charge in [0.05, 0.1) is 0 Å². The molecule has 0 spiro atoms. The predicted octanol–water partition coefficient (Wildman–Crippen LogP) is 5.72. The van der Waals surface area contributed by atoms with Crippen molar-refractivity contribution in [3.63, 3.8) is 0 Å². The van der Waals surface area contributed by atoms with Gasteiger partial charge in [-0.1, -0.05) is 57.3 Å². The molecule has 2 N–H and O–H groups in total. The van der Waals surface area contributed by atoms with Crippen molar-refractivity contribution in [1.29, 1.82) is 0 Å². The van der Waals surface area contributed by atoms with E-state index in [1.807, 2.05) is 41.9 Å². The highest BCUT2D eigenvalue weighted by Crippen LogP contribution is 2.11. The number of nitrogens with one attached hydrogen (secondary N) is 2. The van der Waals surface area contributed by atoms with Gasteiger partial charge >= 0.3 is 0 Å². The van der Waals surface area contributed by atoms with E-state index in [4.69, 9.17) is 0 Å². The standard InChI is InChI=1S/C12H16BrNOS.C7H17NS.CH3Br/c1-16-9-8-14-7-6-12(15)10-2-4-11(13)5-3-10;1-3-4-5-8-6-7-9-2;1-2/h2-5,14H,6-9H2,1H3;8H,3-7H2,1-2H3;1H3. The zero-order valence-corrected chi connectivity index (χ0v) is 22.0. The Kier molecular flexibility index (Phi) is 26.9. The van der Waals surface area contributed by atoms with Gasteiger partial charge in [-0.3, -0.25) is 4.79 Å². The lowest BCUT2D eigenvalue weighted by molar-refractivity contribution is 0.0983. The SMILES string of the molecule is CBr.CCCCNCCSC.CSCCNCCC(=O)c1ccc(Br)cc1. The average Bonchev–Trinajstić information content (AvgIpc) is 2.70. The van der Waals surface area contributed by atoms with Gasteiger partial charge in [0.15, 0.2) is 5.78 Å². The molecule has 158 valence electrons. The van der Waals surface area contributed by atoms with E-state index in [9.17, 15) is 4.79 Å². The number of halogens is 2. The summed E-state index contributed by atoms with van der Waals surface area (Å²) in [4.78, 5) is 11.7. The van der Waals surface area contributed by atoms with Crippen molar-refractivity contribution >= 4 is 61.2 Å². The van der Waals surface area contributed by atoms with Crippen LogP contribution in [0.25, 0.3) is 0 Å². The number of rotatable bonds is 13. The van der Waals surface area contributed by atoms with Crippen LogP contribution in [-0.4, -0.2) is 61.8 Å². The number of thioether (sulfide) groups is 2. The van der Waals surface area contributed by atoms with Gasteiger partial charge in [0, 0.05) is 47.6 Å². The lowest BCUT2D eigenvalue weighted by Gasteiger charge is -2.03. The Morgan fingerprint density at radius 2 is 1.44 bits per heavy atom. The van der Waals surface area contributed by atoms with E-state index in [1.54, 1.807) is 11.8 Å². The minimum Gasteiger partial charge on any atom is -0.316 e. The number of Topliss-reactive ketones (excluding diaryl/α,β-unsaturated/α-hetero) is 1. The fourth-order valence-corrected chi connectivity index (χ4v) is 2.84. The summed E-state index contributed by atoms with van der Waals surface area (Å²) in [6.45, 7) is 6.30. The molecular formula is C20H36Br2N2OS2. The quantitative estimate of drug-likeness (QED) is 0.189. The van der Waals surface area contributed by atoms with Gasteiger partial charge in [0.25, 0.3) is 0 Å². The molecule has 0 saturated carbocycles. The summed E-state index contributed by atoms with van der Waals surface area (Å²) in [5.41, 5.74) is 0.787. The molecule has 0 bridgehead atoms. The van der Waals surface area contributed by atoms with Crippen LogP contribution in [-0.2, 0) is 0 Å². The van der Waals surface area contributed by atoms with E-state index in [0.29, 0.717) is 6.42 Å². The van der Waals surface area contributed by atoms with E-state index in [0.717, 1.165) is 28.9 Å². The second kappa shape index (κ2) is 24.5. The van der Waals surface area contributed by atoms with Gasteiger partial charge in [-0.15, -0.1) is 0 Å². The van der Waals surface area contributed by atoms with Crippen LogP contribution in [0.15, 0.2) is 28.7 Å². The van der Waals surface area contributed by atoms with Crippen molar-refractivity contribution in [2.24, 2.45) is 0 Å². The Morgan fingerprint density at radius 3 is 1.93 bits per heavy atom. The average molecular weight is 544 g/mol. The van der Waals surface area contributed by atoms with E-state index < -0.39 is 0 Å². The molecule has 0 unspecified atom stereocenters. The Labute approximate surface area is 192 Å². The smallest absolute Gasteiger partial charge is 0.164 e. The monoisotopic (exact) mass is 542 g/mol. The lowest BCUT2D eigenvalue weighted by Crippen LogP contribution is -2.20. The van der Waals surface area contributed by atoms with Crippen LogP contribution in [0.1, 0.15) is 36.5 Å². The van der Waals surface area contributed by atoms with Crippen molar-refractivity contribution in [1.82, 2.24) is 10.6 Å². The highest BCUT2D eigenvalue weighted by molar-refractivity contribution is 9.10. The largest absolute Gasteiger partial charge is 0.316 e. The first-order valence-corrected chi connectivity index (χ1v) is 14.4. The van der Waals surface area contributed by atoms with Gasteiger partial charge in [-0.25, -0.2) is 0 Å². The zero-order valence-electron chi connectivity index (χ0n) is 17.2. The molecule has 0 atom stereocenters. The van der Waals surface area contributed by atoms with Gasteiger partial charge in [-0.2, -0.15) is 23.5 Å². The summed E-state index contributed by atoms with van der Waals surface area (Å²) < 4.78 is 1.00. The summed E-state index contributed by atoms with van der Waals surface area (Å²) in [6, 6.07) is 7.51. The van der Waals surface area contributed by atoms with Crippen molar-refractivity contribution in [2.45, 2.75) is 26.2 Å². The van der Waals surface area contributed by atoms with Crippen molar-refractivity contribution in [2.75, 3.05) is 56.0 Å². The van der Waals surface area contributed by atoms with E-state index >= 15 is 0 Å². The van der Waals surface area contributed by atoms with E-state index in [-0.39, 0.29) is 5.78 Å². The Bertz CT molecular complexity index is 428. The third-order valence-corrected chi connectivity index (χ3v) is 5.12. The van der Waals surface area contributed by atoms with Gasteiger partial charge < -0.3 is 10.6 Å². The highest BCUT2D eigenvalue weighted by atomic mass is 79.9. The number of benzene rings is 1. The molecule has 27 heavy (non-hydrogen) atoms. The number of carbonyl (C=O) groups excluding carboxylic acids is 1. The number of hydrogen-bond acceptors (Lipinski definition) is 5. The molecule has 0 fully saturated rings. The molecule has 0 saturated heterocycles. The molecule has 7 heteroatoms. The molecule has 3 nitrogen and oxygen atoms in total. The third kappa shape index (κ3) is 21.0. The first-order chi connectivity index (χ1) is 13.2. The molecule has 1 rings (SSSR count). The zero-order chi connectivity index (χ0) is 20.8. The summed E-state index contributed by atoms with van der Waals surface area (Å²) in [5, 5.41) is 6.61. The topological polar surface area (TPSA) is 41.1 Å². The normalized spacial score (nSPS) is 9.70. The minimum absolute atomic E-state index is 0.198. The Morgan fingerprint density at radius 1 is 0.926 bits per heavy atom. The fraction of sp³-hybridized carbons (Fsp3) is 0.650. The molecule has 0 aliphatic rings. The molecule has 1 aromatic carbocycles. The predicted molar refractivity (Wildman–Crippen MR) is 135 cm³/mol. The van der Waals surface area contributed by atoms with E-state index in [1.165, 1.54) is 31.7 Å². The molecule has 0 amide bonds. The molecule has 0 aliphatic carbocycles. The van der Waals surface area contributed by atoms with Crippen molar-refractivity contribution in [3.8, 4) is 0 Å². The minimum atomic E-state index is 0.198. The van der Waals surface area contributed by atoms with Crippen LogP contribution >= 0.6 is 55.4 Å². The van der Waals surface area contributed by atoms with Crippen molar-refractivity contribution < 1.29 is 4.79 Å². The number of hydrogen-bond donors (Lipinski definition) is 2. The van der Waals surface area contributed by atoms with Crippen LogP contribution in [0.3, 0.4) is 0 Å². The Balaban J connectivity index is 0. The molecule has 0 aromatic heterocycles. The third-order valence-electron chi connectivity index (χ3n) is 3.37. The first-order valence-electron chi connectivity index (χ1n) is 9.21.